The molecule has 0 atom stereocenters. The van der Waals surface area contributed by atoms with Crippen LogP contribution < -0.4 is 5.32 Å². The molecule has 0 aliphatic heterocycles. The van der Waals surface area contributed by atoms with Crippen LogP contribution in [-0.4, -0.2) is 12.1 Å². The monoisotopic (exact) mass is 342 g/mol. The summed E-state index contributed by atoms with van der Waals surface area (Å²) in [6.45, 7) is 10.5. The van der Waals surface area contributed by atoms with Crippen LogP contribution in [0.4, 0.5) is 0 Å². The van der Waals surface area contributed by atoms with Crippen molar-refractivity contribution in [2.45, 2.75) is 51.9 Å². The first-order valence-electron chi connectivity index (χ1n) is 8.99. The second kappa shape index (κ2) is 9.73. The molecule has 2 nitrogen and oxygen atoms in total. The molecule has 1 aromatic carbocycles. The minimum Gasteiger partial charge on any atom is -0.354 e. The Morgan fingerprint density at radius 3 is 2.46 bits per heavy atom. The van der Waals surface area contributed by atoms with Gasteiger partial charge in [-0.3, -0.25) is 4.99 Å². The maximum Gasteiger partial charge on any atom is 0.0764 e. The summed E-state index contributed by atoms with van der Waals surface area (Å²) in [5.41, 5.74) is 3.72. The maximum atomic E-state index is 4.52. The lowest BCUT2D eigenvalue weighted by molar-refractivity contribution is 0.443. The summed E-state index contributed by atoms with van der Waals surface area (Å²) in [6, 6.07) is 8.57. The molecule has 0 radical (unpaired) electrons. The second-order valence-corrected chi connectivity index (χ2v) is 7.56. The molecule has 1 fully saturated rings. The SMILES string of the molecule is C=C(Cc1ccccc1CC)NC(=C)S/C(=N\C)C1CCCCC1. The minimum absolute atomic E-state index is 0.612. The van der Waals surface area contributed by atoms with Crippen molar-refractivity contribution < 1.29 is 0 Å². The summed E-state index contributed by atoms with van der Waals surface area (Å²) >= 11 is 1.68. The number of benzene rings is 1. The van der Waals surface area contributed by atoms with Crippen molar-refractivity contribution >= 4 is 16.8 Å². The zero-order valence-corrected chi connectivity index (χ0v) is 15.9. The molecule has 1 N–H and O–H groups in total. The van der Waals surface area contributed by atoms with Crippen LogP contribution in [-0.2, 0) is 12.8 Å². The van der Waals surface area contributed by atoms with Crippen molar-refractivity contribution in [2.24, 2.45) is 10.9 Å². The van der Waals surface area contributed by atoms with E-state index >= 15 is 0 Å². The van der Waals surface area contributed by atoms with E-state index in [0.29, 0.717) is 5.92 Å². The van der Waals surface area contributed by atoms with Crippen molar-refractivity contribution in [3.05, 3.63) is 59.3 Å². The standard InChI is InChI=1S/C21H30N2S/c1-5-18-11-9-10-14-20(18)15-16(2)23-17(3)24-21(22-4)19-12-7-6-8-13-19/h9-11,14,19,23H,2-3,5-8,12-13,15H2,1,4H3/b22-21-. The van der Waals surface area contributed by atoms with Crippen LogP contribution >= 0.6 is 11.8 Å². The van der Waals surface area contributed by atoms with Crippen LogP contribution in [0, 0.1) is 5.92 Å². The summed E-state index contributed by atoms with van der Waals surface area (Å²) in [6.07, 6.45) is 8.43. The number of aryl methyl sites for hydroxylation is 1. The molecule has 2 rings (SSSR count). The first-order valence-corrected chi connectivity index (χ1v) is 9.80. The van der Waals surface area contributed by atoms with E-state index in [1.54, 1.807) is 11.8 Å². The van der Waals surface area contributed by atoms with Crippen molar-refractivity contribution in [1.29, 1.82) is 0 Å². The Bertz CT molecular complexity index is 598. The van der Waals surface area contributed by atoms with Gasteiger partial charge in [-0.2, -0.15) is 0 Å². The van der Waals surface area contributed by atoms with Crippen molar-refractivity contribution in [3.63, 3.8) is 0 Å². The minimum atomic E-state index is 0.612. The average molecular weight is 343 g/mol. The summed E-state index contributed by atoms with van der Waals surface area (Å²) in [7, 11) is 1.90. The zero-order chi connectivity index (χ0) is 17.4. The van der Waals surface area contributed by atoms with E-state index in [2.05, 4.69) is 54.7 Å². The van der Waals surface area contributed by atoms with E-state index in [9.17, 15) is 0 Å². The predicted molar refractivity (Wildman–Crippen MR) is 108 cm³/mol. The van der Waals surface area contributed by atoms with E-state index in [1.165, 1.54) is 48.3 Å². The molecule has 0 bridgehead atoms. The van der Waals surface area contributed by atoms with Crippen molar-refractivity contribution in [2.75, 3.05) is 7.05 Å². The van der Waals surface area contributed by atoms with Crippen molar-refractivity contribution in [3.8, 4) is 0 Å². The lowest BCUT2D eigenvalue weighted by Gasteiger charge is -2.23. The Morgan fingerprint density at radius 2 is 1.83 bits per heavy atom. The third-order valence-corrected chi connectivity index (χ3v) is 5.70. The van der Waals surface area contributed by atoms with E-state index in [4.69, 9.17) is 0 Å². The van der Waals surface area contributed by atoms with Gasteiger partial charge in [-0.25, -0.2) is 0 Å². The number of aliphatic imine (C=N–C) groups is 1. The van der Waals surface area contributed by atoms with Gasteiger partial charge in [0, 0.05) is 25.1 Å². The first-order chi connectivity index (χ1) is 11.6. The topological polar surface area (TPSA) is 24.4 Å². The number of nitrogens with zero attached hydrogens (tertiary/aromatic N) is 1. The van der Waals surface area contributed by atoms with Gasteiger partial charge in [0.1, 0.15) is 0 Å². The van der Waals surface area contributed by atoms with Gasteiger partial charge < -0.3 is 5.32 Å². The molecular formula is C21H30N2S. The lowest BCUT2D eigenvalue weighted by atomic mass is 9.90. The van der Waals surface area contributed by atoms with Crippen LogP contribution in [0.25, 0.3) is 0 Å². The molecule has 1 saturated carbocycles. The summed E-state index contributed by atoms with van der Waals surface area (Å²) in [4.78, 5) is 4.52. The Balaban J connectivity index is 1.87. The first kappa shape index (κ1) is 18.9. The number of hydrogen-bond donors (Lipinski definition) is 1. The highest BCUT2D eigenvalue weighted by Gasteiger charge is 2.20. The molecule has 1 aliphatic rings. The fraction of sp³-hybridized carbons (Fsp3) is 0.476. The number of thioether (sulfide) groups is 1. The van der Waals surface area contributed by atoms with Crippen LogP contribution in [0.1, 0.15) is 50.2 Å². The molecule has 0 aromatic heterocycles. The summed E-state index contributed by atoms with van der Waals surface area (Å²) in [5, 5.41) is 5.52. The Labute approximate surface area is 151 Å². The molecular weight excluding hydrogens is 312 g/mol. The van der Waals surface area contributed by atoms with Gasteiger partial charge >= 0.3 is 0 Å². The van der Waals surface area contributed by atoms with E-state index in [1.807, 2.05) is 7.05 Å². The van der Waals surface area contributed by atoms with Crippen LogP contribution in [0.2, 0.25) is 0 Å². The zero-order valence-electron chi connectivity index (χ0n) is 15.1. The lowest BCUT2D eigenvalue weighted by Crippen LogP contribution is -2.18. The van der Waals surface area contributed by atoms with E-state index in [0.717, 1.165) is 23.6 Å². The summed E-state index contributed by atoms with van der Waals surface area (Å²) < 4.78 is 0. The fourth-order valence-electron chi connectivity index (χ4n) is 3.36. The van der Waals surface area contributed by atoms with Crippen LogP contribution in [0.5, 0.6) is 0 Å². The van der Waals surface area contributed by atoms with Gasteiger partial charge in [0.2, 0.25) is 0 Å². The van der Waals surface area contributed by atoms with Gasteiger partial charge in [0.25, 0.3) is 0 Å². The Kier molecular flexibility index (Phi) is 7.64. The highest BCUT2D eigenvalue weighted by atomic mass is 32.2. The Hall–Kier alpha value is -1.48. The van der Waals surface area contributed by atoms with Crippen molar-refractivity contribution in [1.82, 2.24) is 5.32 Å². The van der Waals surface area contributed by atoms with Gasteiger partial charge in [-0.05, 0) is 30.4 Å². The molecule has 0 amide bonds. The molecule has 0 unspecified atom stereocenters. The maximum absolute atomic E-state index is 4.52. The van der Waals surface area contributed by atoms with Gasteiger partial charge in [-0.1, -0.05) is 75.4 Å². The molecule has 24 heavy (non-hydrogen) atoms. The normalized spacial score (nSPS) is 16.0. The second-order valence-electron chi connectivity index (χ2n) is 6.45. The molecule has 0 heterocycles. The van der Waals surface area contributed by atoms with Gasteiger partial charge in [0.15, 0.2) is 0 Å². The number of hydrogen-bond acceptors (Lipinski definition) is 3. The third-order valence-electron chi connectivity index (χ3n) is 4.62. The highest BCUT2D eigenvalue weighted by Crippen LogP contribution is 2.31. The third kappa shape index (κ3) is 5.55. The molecule has 1 aliphatic carbocycles. The molecule has 1 aromatic rings. The highest BCUT2D eigenvalue weighted by molar-refractivity contribution is 8.17. The molecule has 3 heteroatoms. The van der Waals surface area contributed by atoms with Gasteiger partial charge in [0.05, 0.1) is 10.1 Å². The number of allylic oxidation sites excluding steroid dienone is 1. The molecule has 130 valence electrons. The van der Waals surface area contributed by atoms with Crippen LogP contribution in [0.15, 0.2) is 53.1 Å². The number of nitrogens with one attached hydrogen (secondary N) is 1. The Morgan fingerprint density at radius 1 is 1.17 bits per heavy atom. The van der Waals surface area contributed by atoms with E-state index in [-0.39, 0.29) is 0 Å². The van der Waals surface area contributed by atoms with E-state index < -0.39 is 0 Å². The smallest absolute Gasteiger partial charge is 0.0764 e. The predicted octanol–water partition coefficient (Wildman–Crippen LogP) is 5.71. The molecule has 0 saturated heterocycles. The summed E-state index contributed by atoms with van der Waals surface area (Å²) in [5.74, 6) is 0.612. The number of rotatable bonds is 7. The largest absolute Gasteiger partial charge is 0.354 e. The van der Waals surface area contributed by atoms with Gasteiger partial charge in [-0.15, -0.1) is 0 Å². The van der Waals surface area contributed by atoms with Crippen LogP contribution in [0.3, 0.4) is 0 Å². The molecule has 0 spiro atoms. The quantitative estimate of drug-likeness (QED) is 0.507. The fourth-order valence-corrected chi connectivity index (χ4v) is 4.30. The average Bonchev–Trinajstić information content (AvgIpc) is 2.60.